The third kappa shape index (κ3) is 3.71. The highest BCUT2D eigenvalue weighted by atomic mass is 16.3. The van der Waals surface area contributed by atoms with Gasteiger partial charge in [-0.15, -0.1) is 0 Å². The monoisotopic (exact) mass is 253 g/mol. The van der Waals surface area contributed by atoms with Gasteiger partial charge in [0.05, 0.1) is 6.61 Å². The van der Waals surface area contributed by atoms with Crippen LogP contribution in [0.2, 0.25) is 0 Å². The van der Waals surface area contributed by atoms with E-state index >= 15 is 0 Å². The van der Waals surface area contributed by atoms with E-state index in [-0.39, 0.29) is 6.61 Å². The second kappa shape index (κ2) is 7.13. The average molecular weight is 253 g/mol. The van der Waals surface area contributed by atoms with Crippen LogP contribution in [0.3, 0.4) is 0 Å². The Balaban J connectivity index is 1.85. The molecule has 1 amide bonds. The van der Waals surface area contributed by atoms with Crippen molar-refractivity contribution in [1.82, 2.24) is 4.90 Å². The molecule has 2 aliphatic rings. The van der Waals surface area contributed by atoms with Crippen LogP contribution in [-0.2, 0) is 4.79 Å². The summed E-state index contributed by atoms with van der Waals surface area (Å²) in [6, 6.07) is 0.410. The van der Waals surface area contributed by atoms with Gasteiger partial charge in [0.15, 0.2) is 0 Å². The minimum Gasteiger partial charge on any atom is -0.395 e. The summed E-state index contributed by atoms with van der Waals surface area (Å²) in [6.45, 7) is 0.642. The standard InChI is InChI=1S/C15H27NO2/c17-11-10-16(14-8-4-5-9-14)15(18)12-13-6-2-1-3-7-13/h13-14,17H,1-12H2. The second-order valence-corrected chi connectivity index (χ2v) is 5.96. The number of nitrogens with zero attached hydrogens (tertiary/aromatic N) is 1. The fourth-order valence-electron chi connectivity index (χ4n) is 3.59. The maximum atomic E-state index is 12.4. The van der Waals surface area contributed by atoms with Crippen molar-refractivity contribution >= 4 is 5.91 Å². The quantitative estimate of drug-likeness (QED) is 0.818. The van der Waals surface area contributed by atoms with Gasteiger partial charge in [-0.1, -0.05) is 32.1 Å². The summed E-state index contributed by atoms with van der Waals surface area (Å²) in [7, 11) is 0. The van der Waals surface area contributed by atoms with E-state index in [4.69, 9.17) is 5.11 Å². The molecule has 0 heterocycles. The number of aliphatic hydroxyl groups excluding tert-OH is 1. The minimum atomic E-state index is 0.104. The molecule has 2 fully saturated rings. The summed E-state index contributed by atoms with van der Waals surface area (Å²) in [5.74, 6) is 0.900. The lowest BCUT2D eigenvalue weighted by Crippen LogP contribution is -2.41. The van der Waals surface area contributed by atoms with E-state index in [1.807, 2.05) is 4.90 Å². The van der Waals surface area contributed by atoms with Crippen LogP contribution in [0.4, 0.5) is 0 Å². The highest BCUT2D eigenvalue weighted by molar-refractivity contribution is 5.76. The summed E-state index contributed by atoms with van der Waals surface area (Å²) in [4.78, 5) is 14.4. The molecule has 0 aromatic heterocycles. The first-order chi connectivity index (χ1) is 8.81. The molecular weight excluding hydrogens is 226 g/mol. The van der Waals surface area contributed by atoms with Gasteiger partial charge in [-0.25, -0.2) is 0 Å². The van der Waals surface area contributed by atoms with E-state index in [0.29, 0.717) is 24.4 Å². The van der Waals surface area contributed by atoms with Gasteiger partial charge in [0.25, 0.3) is 0 Å². The Labute approximate surface area is 111 Å². The average Bonchev–Trinajstić information content (AvgIpc) is 2.90. The summed E-state index contributed by atoms with van der Waals surface area (Å²) in [5.41, 5.74) is 0. The Morgan fingerprint density at radius 3 is 2.22 bits per heavy atom. The summed E-state index contributed by atoms with van der Waals surface area (Å²) in [6.07, 6.45) is 11.8. The molecule has 2 aliphatic carbocycles. The Morgan fingerprint density at radius 1 is 1.00 bits per heavy atom. The zero-order valence-electron chi connectivity index (χ0n) is 11.4. The molecule has 0 bridgehead atoms. The van der Waals surface area contributed by atoms with Gasteiger partial charge in [-0.05, 0) is 31.6 Å². The predicted molar refractivity (Wildman–Crippen MR) is 72.2 cm³/mol. The van der Waals surface area contributed by atoms with Crippen LogP contribution in [0.1, 0.15) is 64.2 Å². The van der Waals surface area contributed by atoms with Crippen LogP contribution in [0.25, 0.3) is 0 Å². The van der Waals surface area contributed by atoms with Crippen LogP contribution >= 0.6 is 0 Å². The van der Waals surface area contributed by atoms with Crippen molar-refractivity contribution in [2.45, 2.75) is 70.3 Å². The smallest absolute Gasteiger partial charge is 0.223 e. The zero-order chi connectivity index (χ0) is 12.8. The molecule has 0 saturated heterocycles. The predicted octanol–water partition coefficient (Wildman–Crippen LogP) is 2.72. The van der Waals surface area contributed by atoms with Crippen molar-refractivity contribution in [3.8, 4) is 0 Å². The zero-order valence-corrected chi connectivity index (χ0v) is 11.4. The molecule has 1 N–H and O–H groups in total. The van der Waals surface area contributed by atoms with Crippen molar-refractivity contribution in [2.24, 2.45) is 5.92 Å². The summed E-state index contributed by atoms with van der Waals surface area (Å²) in [5, 5.41) is 9.16. The Morgan fingerprint density at radius 2 is 1.61 bits per heavy atom. The van der Waals surface area contributed by atoms with Gasteiger partial charge in [0.2, 0.25) is 5.91 Å². The molecule has 104 valence electrons. The molecule has 3 nitrogen and oxygen atoms in total. The number of hydrogen-bond donors (Lipinski definition) is 1. The van der Waals surface area contributed by atoms with Crippen LogP contribution in [0, 0.1) is 5.92 Å². The molecule has 0 spiro atoms. The van der Waals surface area contributed by atoms with Gasteiger partial charge in [0, 0.05) is 19.0 Å². The van der Waals surface area contributed by atoms with Crippen molar-refractivity contribution in [1.29, 1.82) is 0 Å². The molecule has 0 aliphatic heterocycles. The third-order valence-electron chi connectivity index (χ3n) is 4.61. The molecule has 2 rings (SSSR count). The summed E-state index contributed by atoms with van der Waals surface area (Å²) >= 11 is 0. The lowest BCUT2D eigenvalue weighted by Gasteiger charge is -2.31. The SMILES string of the molecule is O=C(CC1CCCCC1)N(CCO)C1CCCC1. The number of carbonyl (C=O) groups is 1. The van der Waals surface area contributed by atoms with E-state index in [1.54, 1.807) is 0 Å². The normalized spacial score (nSPS) is 22.3. The van der Waals surface area contributed by atoms with E-state index in [9.17, 15) is 4.79 Å². The van der Waals surface area contributed by atoms with Crippen LogP contribution in [0.15, 0.2) is 0 Å². The van der Waals surface area contributed by atoms with Crippen molar-refractivity contribution in [2.75, 3.05) is 13.2 Å². The fourth-order valence-corrected chi connectivity index (χ4v) is 3.59. The molecule has 0 radical (unpaired) electrons. The van der Waals surface area contributed by atoms with Gasteiger partial charge < -0.3 is 10.0 Å². The fraction of sp³-hybridized carbons (Fsp3) is 0.933. The molecule has 0 aromatic carbocycles. The number of carbonyl (C=O) groups excluding carboxylic acids is 1. The largest absolute Gasteiger partial charge is 0.395 e. The first-order valence-corrected chi connectivity index (χ1v) is 7.71. The van der Waals surface area contributed by atoms with Gasteiger partial charge >= 0.3 is 0 Å². The molecule has 2 saturated carbocycles. The molecule has 0 atom stereocenters. The van der Waals surface area contributed by atoms with Crippen LogP contribution in [0.5, 0.6) is 0 Å². The highest BCUT2D eigenvalue weighted by Gasteiger charge is 2.28. The second-order valence-electron chi connectivity index (χ2n) is 5.96. The Kier molecular flexibility index (Phi) is 5.48. The maximum Gasteiger partial charge on any atom is 0.223 e. The molecule has 0 unspecified atom stereocenters. The van der Waals surface area contributed by atoms with Crippen LogP contribution in [-0.4, -0.2) is 35.1 Å². The van der Waals surface area contributed by atoms with E-state index in [2.05, 4.69) is 0 Å². The van der Waals surface area contributed by atoms with Crippen molar-refractivity contribution in [3.63, 3.8) is 0 Å². The number of amides is 1. The van der Waals surface area contributed by atoms with E-state index in [1.165, 1.54) is 44.9 Å². The Bertz CT molecular complexity index is 255. The van der Waals surface area contributed by atoms with E-state index in [0.717, 1.165) is 19.3 Å². The van der Waals surface area contributed by atoms with Crippen molar-refractivity contribution < 1.29 is 9.90 Å². The minimum absolute atomic E-state index is 0.104. The molecule has 0 aromatic rings. The molecule has 18 heavy (non-hydrogen) atoms. The molecular formula is C15H27NO2. The first-order valence-electron chi connectivity index (χ1n) is 7.71. The number of hydrogen-bond acceptors (Lipinski definition) is 2. The number of rotatable bonds is 5. The van der Waals surface area contributed by atoms with Crippen LogP contribution < -0.4 is 0 Å². The van der Waals surface area contributed by atoms with Crippen molar-refractivity contribution in [3.05, 3.63) is 0 Å². The van der Waals surface area contributed by atoms with E-state index < -0.39 is 0 Å². The lowest BCUT2D eigenvalue weighted by molar-refractivity contribution is -0.135. The lowest BCUT2D eigenvalue weighted by atomic mass is 9.86. The topological polar surface area (TPSA) is 40.5 Å². The van der Waals surface area contributed by atoms with Gasteiger partial charge in [0.1, 0.15) is 0 Å². The summed E-state index contributed by atoms with van der Waals surface area (Å²) < 4.78 is 0. The number of aliphatic hydroxyl groups is 1. The molecule has 3 heteroatoms. The third-order valence-corrected chi connectivity index (χ3v) is 4.61. The van der Waals surface area contributed by atoms with Gasteiger partial charge in [-0.2, -0.15) is 0 Å². The van der Waals surface area contributed by atoms with Gasteiger partial charge in [-0.3, -0.25) is 4.79 Å². The maximum absolute atomic E-state index is 12.4. The highest BCUT2D eigenvalue weighted by Crippen LogP contribution is 2.29. The Hall–Kier alpha value is -0.570. The first kappa shape index (κ1) is 13.9.